The van der Waals surface area contributed by atoms with E-state index in [9.17, 15) is 8.42 Å². The first-order valence-electron chi connectivity index (χ1n) is 7.72. The van der Waals surface area contributed by atoms with Gasteiger partial charge in [-0.3, -0.25) is 0 Å². The van der Waals surface area contributed by atoms with Crippen LogP contribution in [0, 0.1) is 12.3 Å². The number of nitrogens with one attached hydrogen (secondary N) is 2. The minimum Gasteiger partial charge on any atom is -0.464 e. The molecule has 0 atom stereocenters. The summed E-state index contributed by atoms with van der Waals surface area (Å²) in [6.45, 7) is 7.87. The molecule has 1 aromatic rings. The number of sulfonamides is 1. The van der Waals surface area contributed by atoms with Gasteiger partial charge in [0, 0.05) is 12.6 Å². The Hall–Kier alpha value is -0.850. The van der Waals surface area contributed by atoms with Crippen molar-refractivity contribution >= 4 is 10.0 Å². The molecular formula is C15H26N2O3S. The maximum atomic E-state index is 12.4. The maximum Gasteiger partial charge on any atom is 0.244 e. The van der Waals surface area contributed by atoms with Crippen LogP contribution in [-0.4, -0.2) is 21.5 Å². The Morgan fingerprint density at radius 3 is 2.62 bits per heavy atom. The summed E-state index contributed by atoms with van der Waals surface area (Å²) in [5, 5.41) is 3.21. The van der Waals surface area contributed by atoms with E-state index >= 15 is 0 Å². The first-order chi connectivity index (χ1) is 9.92. The molecule has 1 saturated carbocycles. The van der Waals surface area contributed by atoms with E-state index in [-0.39, 0.29) is 10.3 Å². The lowest BCUT2D eigenvalue weighted by molar-refractivity contribution is 0.455. The largest absolute Gasteiger partial charge is 0.464 e. The van der Waals surface area contributed by atoms with Crippen molar-refractivity contribution in [2.24, 2.45) is 5.41 Å². The van der Waals surface area contributed by atoms with Gasteiger partial charge in [-0.25, -0.2) is 13.1 Å². The molecule has 2 rings (SSSR count). The standard InChI is InChI=1S/C15H26N2O3S/c1-4-8-16-10-13-9-14(12(3)20-13)21(18,19)17-11-15(5-2)6-7-15/h9,16-17H,4-8,10-11H2,1-3H3. The molecular weight excluding hydrogens is 288 g/mol. The number of hydrogen-bond donors (Lipinski definition) is 2. The summed E-state index contributed by atoms with van der Waals surface area (Å²) in [4.78, 5) is 0.266. The van der Waals surface area contributed by atoms with Crippen LogP contribution in [-0.2, 0) is 16.6 Å². The van der Waals surface area contributed by atoms with Gasteiger partial charge in [0.15, 0.2) is 0 Å². The van der Waals surface area contributed by atoms with Crippen LogP contribution in [0.25, 0.3) is 0 Å². The van der Waals surface area contributed by atoms with E-state index in [1.54, 1.807) is 13.0 Å². The second-order valence-corrected chi connectivity index (χ2v) is 7.72. The van der Waals surface area contributed by atoms with Crippen molar-refractivity contribution in [3.8, 4) is 0 Å². The van der Waals surface area contributed by atoms with Crippen LogP contribution < -0.4 is 10.0 Å². The SMILES string of the molecule is CCCNCc1cc(S(=O)(=O)NCC2(CC)CC2)c(C)o1. The lowest BCUT2D eigenvalue weighted by atomic mass is 10.1. The van der Waals surface area contributed by atoms with Crippen LogP contribution in [0.3, 0.4) is 0 Å². The zero-order chi connectivity index (χ0) is 15.5. The molecule has 2 N–H and O–H groups in total. The van der Waals surface area contributed by atoms with Crippen LogP contribution in [0.2, 0.25) is 0 Å². The normalized spacial score (nSPS) is 17.1. The van der Waals surface area contributed by atoms with Crippen LogP contribution in [0.1, 0.15) is 51.1 Å². The third kappa shape index (κ3) is 4.08. The molecule has 0 radical (unpaired) electrons. The number of furan rings is 1. The van der Waals surface area contributed by atoms with E-state index in [4.69, 9.17) is 4.42 Å². The Labute approximate surface area is 127 Å². The molecule has 0 unspecified atom stereocenters. The first-order valence-corrected chi connectivity index (χ1v) is 9.20. The van der Waals surface area contributed by atoms with Crippen molar-refractivity contribution in [3.05, 3.63) is 17.6 Å². The van der Waals surface area contributed by atoms with Crippen molar-refractivity contribution in [1.82, 2.24) is 10.0 Å². The predicted molar refractivity (Wildman–Crippen MR) is 82.6 cm³/mol. The molecule has 6 heteroatoms. The molecule has 0 spiro atoms. The van der Waals surface area contributed by atoms with Crippen molar-refractivity contribution in [3.63, 3.8) is 0 Å². The molecule has 0 saturated heterocycles. The average molecular weight is 314 g/mol. The van der Waals surface area contributed by atoms with Gasteiger partial charge in [-0.1, -0.05) is 13.8 Å². The second-order valence-electron chi connectivity index (χ2n) is 5.99. The van der Waals surface area contributed by atoms with Gasteiger partial charge >= 0.3 is 0 Å². The number of aryl methyl sites for hydroxylation is 1. The van der Waals surface area contributed by atoms with E-state index in [2.05, 4.69) is 23.9 Å². The molecule has 0 amide bonds. The van der Waals surface area contributed by atoms with Gasteiger partial charge in [0.05, 0.1) is 6.54 Å². The van der Waals surface area contributed by atoms with E-state index in [0.29, 0.717) is 24.6 Å². The number of hydrogen-bond acceptors (Lipinski definition) is 4. The van der Waals surface area contributed by atoms with E-state index in [1.807, 2.05) is 0 Å². The van der Waals surface area contributed by atoms with Crippen molar-refractivity contribution in [2.45, 2.75) is 57.9 Å². The number of rotatable bonds is 9. The highest BCUT2D eigenvalue weighted by atomic mass is 32.2. The van der Waals surface area contributed by atoms with Crippen molar-refractivity contribution in [2.75, 3.05) is 13.1 Å². The average Bonchev–Trinajstić information content (AvgIpc) is 3.14. The zero-order valence-electron chi connectivity index (χ0n) is 13.2. The summed E-state index contributed by atoms with van der Waals surface area (Å²) in [5.74, 6) is 1.12. The fraction of sp³-hybridized carbons (Fsp3) is 0.733. The summed E-state index contributed by atoms with van der Waals surface area (Å²) in [6.07, 6.45) is 4.28. The third-order valence-corrected chi connectivity index (χ3v) is 5.79. The highest BCUT2D eigenvalue weighted by Gasteiger charge is 2.41. The third-order valence-electron chi connectivity index (χ3n) is 4.28. The minimum absolute atomic E-state index is 0.191. The Morgan fingerprint density at radius 1 is 1.33 bits per heavy atom. The first kappa shape index (κ1) is 16.5. The fourth-order valence-electron chi connectivity index (χ4n) is 2.42. The molecule has 0 aromatic carbocycles. The van der Waals surface area contributed by atoms with Crippen LogP contribution in [0.5, 0.6) is 0 Å². The molecule has 120 valence electrons. The summed E-state index contributed by atoms with van der Waals surface area (Å²) >= 11 is 0. The van der Waals surface area contributed by atoms with Gasteiger partial charge < -0.3 is 9.73 Å². The summed E-state index contributed by atoms with van der Waals surface area (Å²) in [7, 11) is -3.48. The van der Waals surface area contributed by atoms with Gasteiger partial charge in [0.25, 0.3) is 0 Å². The Balaban J connectivity index is 2.02. The molecule has 0 bridgehead atoms. The van der Waals surface area contributed by atoms with Gasteiger partial charge in [0.1, 0.15) is 16.4 Å². The molecule has 1 fully saturated rings. The molecule has 5 nitrogen and oxygen atoms in total. The summed E-state index contributed by atoms with van der Waals surface area (Å²) < 4.78 is 33.1. The zero-order valence-corrected chi connectivity index (χ0v) is 14.0. The van der Waals surface area contributed by atoms with E-state index < -0.39 is 10.0 Å². The predicted octanol–water partition coefficient (Wildman–Crippen LogP) is 2.56. The van der Waals surface area contributed by atoms with Gasteiger partial charge in [0.2, 0.25) is 10.0 Å². The van der Waals surface area contributed by atoms with Crippen LogP contribution >= 0.6 is 0 Å². The molecule has 21 heavy (non-hydrogen) atoms. The summed E-state index contributed by atoms with van der Waals surface area (Å²) in [5.41, 5.74) is 0.191. The highest BCUT2D eigenvalue weighted by molar-refractivity contribution is 7.89. The smallest absolute Gasteiger partial charge is 0.244 e. The fourth-order valence-corrected chi connectivity index (χ4v) is 3.78. The van der Waals surface area contributed by atoms with Crippen molar-refractivity contribution in [1.29, 1.82) is 0 Å². The summed E-state index contributed by atoms with van der Waals surface area (Å²) in [6, 6.07) is 1.63. The molecule has 0 aliphatic heterocycles. The Morgan fingerprint density at radius 2 is 2.05 bits per heavy atom. The van der Waals surface area contributed by atoms with Crippen molar-refractivity contribution < 1.29 is 12.8 Å². The molecule has 1 aliphatic carbocycles. The van der Waals surface area contributed by atoms with E-state index in [1.165, 1.54) is 0 Å². The maximum absolute atomic E-state index is 12.4. The Kier molecular flexibility index (Phi) is 5.11. The van der Waals surface area contributed by atoms with E-state index in [0.717, 1.165) is 32.2 Å². The lowest BCUT2D eigenvalue weighted by Crippen LogP contribution is -2.30. The Bertz CT molecular complexity index is 574. The monoisotopic (exact) mass is 314 g/mol. The molecule has 1 aliphatic rings. The molecule has 1 aromatic heterocycles. The minimum atomic E-state index is -3.48. The van der Waals surface area contributed by atoms with Gasteiger partial charge in [-0.05, 0) is 44.6 Å². The van der Waals surface area contributed by atoms with Crippen LogP contribution in [0.4, 0.5) is 0 Å². The lowest BCUT2D eigenvalue weighted by Gasteiger charge is -2.13. The second kappa shape index (κ2) is 6.50. The highest BCUT2D eigenvalue weighted by Crippen LogP contribution is 2.48. The van der Waals surface area contributed by atoms with Gasteiger partial charge in [-0.2, -0.15) is 0 Å². The quantitative estimate of drug-likeness (QED) is 0.687. The van der Waals surface area contributed by atoms with Crippen LogP contribution in [0.15, 0.2) is 15.4 Å². The topological polar surface area (TPSA) is 71.3 Å². The molecule has 1 heterocycles. The van der Waals surface area contributed by atoms with Gasteiger partial charge in [-0.15, -0.1) is 0 Å².